The van der Waals surface area contributed by atoms with Gasteiger partial charge in [-0.2, -0.15) is 0 Å². The zero-order chi connectivity index (χ0) is 27.8. The van der Waals surface area contributed by atoms with Crippen molar-refractivity contribution in [2.45, 2.75) is 15.2 Å². The third-order valence-electron chi connectivity index (χ3n) is 6.36. The topological polar surface area (TPSA) is 52.7 Å². The number of halogens is 3. The van der Waals surface area contributed by atoms with Gasteiger partial charge in [-0.25, -0.2) is 5.01 Å². The Bertz CT molecular complexity index is 1650. The predicted molar refractivity (Wildman–Crippen MR) is 171 cm³/mol. The number of benzene rings is 4. The molecular formula is C30H20Br2ClN3O2S2. The second-order valence-corrected chi connectivity index (χ2v) is 13.5. The molecule has 1 saturated heterocycles. The van der Waals surface area contributed by atoms with Crippen molar-refractivity contribution in [2.75, 3.05) is 11.4 Å². The van der Waals surface area contributed by atoms with Crippen molar-refractivity contribution in [1.29, 1.82) is 0 Å². The molecule has 200 valence electrons. The lowest BCUT2D eigenvalue weighted by atomic mass is 10.2. The first kappa shape index (κ1) is 27.5. The Morgan fingerprint density at radius 2 is 1.57 bits per heavy atom. The SMILES string of the molecule is O=C(CN1c2ccccc2Sc2ccc(Cl)cc21)NN1C(=O)/C(=C/c2ccc(Br)cc2)SC1c1ccc(Br)cc1. The minimum Gasteiger partial charge on any atom is -0.330 e. The van der Waals surface area contributed by atoms with Crippen LogP contribution in [0.15, 0.2) is 115 Å². The number of rotatable bonds is 5. The van der Waals surface area contributed by atoms with Crippen molar-refractivity contribution in [1.82, 2.24) is 10.4 Å². The molecule has 0 radical (unpaired) electrons. The van der Waals surface area contributed by atoms with Gasteiger partial charge in [0.25, 0.3) is 11.8 Å². The lowest BCUT2D eigenvalue weighted by Crippen LogP contribution is -2.47. The van der Waals surface area contributed by atoms with Crippen molar-refractivity contribution in [3.63, 3.8) is 0 Å². The first-order valence-electron chi connectivity index (χ1n) is 12.2. The molecule has 2 aliphatic heterocycles. The quantitative estimate of drug-likeness (QED) is 0.210. The number of hydrogen-bond acceptors (Lipinski definition) is 5. The second-order valence-electron chi connectivity index (χ2n) is 9.06. The van der Waals surface area contributed by atoms with E-state index in [1.807, 2.05) is 102 Å². The Morgan fingerprint density at radius 1 is 0.900 bits per heavy atom. The van der Waals surface area contributed by atoms with Crippen molar-refractivity contribution in [3.05, 3.63) is 121 Å². The monoisotopic (exact) mass is 711 g/mol. The highest BCUT2D eigenvalue weighted by Gasteiger charge is 2.39. The smallest absolute Gasteiger partial charge is 0.280 e. The molecule has 2 amide bonds. The molecule has 1 unspecified atom stereocenters. The molecule has 1 fully saturated rings. The number of anilines is 2. The number of thioether (sulfide) groups is 1. The van der Waals surface area contributed by atoms with Crippen LogP contribution in [0.4, 0.5) is 11.4 Å². The molecule has 4 aromatic rings. The van der Waals surface area contributed by atoms with Crippen LogP contribution >= 0.6 is 67.0 Å². The van der Waals surface area contributed by atoms with E-state index < -0.39 is 5.37 Å². The number of para-hydroxylation sites is 1. The van der Waals surface area contributed by atoms with E-state index in [1.54, 1.807) is 11.8 Å². The molecule has 4 aromatic carbocycles. The number of hydrogen-bond donors (Lipinski definition) is 1. The van der Waals surface area contributed by atoms with E-state index >= 15 is 0 Å². The average Bonchev–Trinajstić information content (AvgIpc) is 3.24. The molecule has 0 saturated carbocycles. The molecule has 10 heteroatoms. The fourth-order valence-electron chi connectivity index (χ4n) is 4.49. The van der Waals surface area contributed by atoms with Gasteiger partial charge in [0.1, 0.15) is 11.9 Å². The average molecular weight is 714 g/mol. The van der Waals surface area contributed by atoms with Gasteiger partial charge in [-0.15, -0.1) is 0 Å². The van der Waals surface area contributed by atoms with Crippen LogP contribution in [0.1, 0.15) is 16.5 Å². The first-order chi connectivity index (χ1) is 19.4. The van der Waals surface area contributed by atoms with Crippen LogP contribution in [0.2, 0.25) is 5.02 Å². The lowest BCUT2D eigenvalue weighted by molar-refractivity contribution is -0.137. The summed E-state index contributed by atoms with van der Waals surface area (Å²) < 4.78 is 1.90. The van der Waals surface area contributed by atoms with E-state index in [-0.39, 0.29) is 18.4 Å². The molecule has 1 N–H and O–H groups in total. The van der Waals surface area contributed by atoms with E-state index in [2.05, 4.69) is 37.3 Å². The fraction of sp³-hybridized carbons (Fsp3) is 0.0667. The largest absolute Gasteiger partial charge is 0.330 e. The summed E-state index contributed by atoms with van der Waals surface area (Å²) in [6.07, 6.45) is 1.85. The number of carbonyl (C=O) groups excluding carboxylic acids is 2. The number of hydrazine groups is 1. The van der Waals surface area contributed by atoms with Crippen LogP contribution in [-0.4, -0.2) is 23.4 Å². The highest BCUT2D eigenvalue weighted by atomic mass is 79.9. The number of nitrogens with one attached hydrogen (secondary N) is 1. The van der Waals surface area contributed by atoms with E-state index in [4.69, 9.17) is 11.6 Å². The summed E-state index contributed by atoms with van der Waals surface area (Å²) in [7, 11) is 0. The maximum Gasteiger partial charge on any atom is 0.280 e. The Kier molecular flexibility index (Phi) is 8.01. The van der Waals surface area contributed by atoms with Crippen molar-refractivity contribution in [2.24, 2.45) is 0 Å². The number of nitrogens with zero attached hydrogens (tertiary/aromatic N) is 2. The van der Waals surface area contributed by atoms with Gasteiger partial charge in [-0.1, -0.05) is 103 Å². The molecule has 0 spiro atoms. The van der Waals surface area contributed by atoms with E-state index in [1.165, 1.54) is 16.8 Å². The van der Waals surface area contributed by atoms with Gasteiger partial charge in [0.15, 0.2) is 0 Å². The van der Waals surface area contributed by atoms with Crippen LogP contribution in [0, 0.1) is 0 Å². The zero-order valence-corrected chi connectivity index (χ0v) is 26.2. The number of fused-ring (bicyclic) bond motifs is 2. The van der Waals surface area contributed by atoms with E-state index in [9.17, 15) is 9.59 Å². The Morgan fingerprint density at radius 3 is 2.33 bits per heavy atom. The molecule has 0 aromatic heterocycles. The Balaban J connectivity index is 1.30. The molecule has 1 atom stereocenters. The normalized spacial score (nSPS) is 17.1. The predicted octanol–water partition coefficient (Wildman–Crippen LogP) is 8.81. The molecule has 0 aliphatic carbocycles. The summed E-state index contributed by atoms with van der Waals surface area (Å²) in [4.78, 5) is 31.8. The third kappa shape index (κ3) is 5.71. The van der Waals surface area contributed by atoms with Crippen LogP contribution in [-0.2, 0) is 9.59 Å². The van der Waals surface area contributed by atoms with E-state index in [0.29, 0.717) is 9.93 Å². The number of carbonyl (C=O) groups is 2. The second kappa shape index (κ2) is 11.7. The van der Waals surface area contributed by atoms with Gasteiger partial charge in [0.05, 0.1) is 16.3 Å². The third-order valence-corrected chi connectivity index (χ3v) is 10.0. The summed E-state index contributed by atoms with van der Waals surface area (Å²) in [5.41, 5.74) is 6.50. The minimum atomic E-state index is -0.419. The van der Waals surface area contributed by atoms with Crippen LogP contribution in [0.5, 0.6) is 0 Å². The minimum absolute atomic E-state index is 0.0121. The summed E-state index contributed by atoms with van der Waals surface area (Å²) in [5.74, 6) is -0.569. The lowest BCUT2D eigenvalue weighted by Gasteiger charge is -2.33. The van der Waals surface area contributed by atoms with Crippen molar-refractivity contribution < 1.29 is 9.59 Å². The molecular weight excluding hydrogens is 694 g/mol. The molecule has 2 aliphatic rings. The van der Waals surface area contributed by atoms with Gasteiger partial charge >= 0.3 is 0 Å². The van der Waals surface area contributed by atoms with Gasteiger partial charge in [-0.05, 0) is 71.8 Å². The van der Waals surface area contributed by atoms with Crippen molar-refractivity contribution in [3.8, 4) is 0 Å². The zero-order valence-electron chi connectivity index (χ0n) is 20.7. The first-order valence-corrected chi connectivity index (χ1v) is 15.9. The van der Waals surface area contributed by atoms with Crippen LogP contribution in [0.3, 0.4) is 0 Å². The van der Waals surface area contributed by atoms with Crippen LogP contribution in [0.25, 0.3) is 6.08 Å². The Labute approximate surface area is 262 Å². The van der Waals surface area contributed by atoms with Crippen LogP contribution < -0.4 is 10.3 Å². The summed E-state index contributed by atoms with van der Waals surface area (Å²) in [6, 6.07) is 29.1. The molecule has 2 heterocycles. The standard InChI is InChI=1S/C30H20Br2ClN3O2S2/c31-20-9-5-18(6-10-20)15-27-29(38)36(30(40-27)19-7-11-21(32)12-8-19)34-28(37)17-35-23-3-1-2-4-25(23)39-26-14-13-22(33)16-24(26)35/h1-16,30H,17H2,(H,34,37)/b27-15-. The highest BCUT2D eigenvalue weighted by molar-refractivity contribution is 9.10. The summed E-state index contributed by atoms with van der Waals surface area (Å²) >= 11 is 16.3. The fourth-order valence-corrected chi connectivity index (χ4v) is 7.46. The van der Waals surface area contributed by atoms with Gasteiger partial charge in [0.2, 0.25) is 0 Å². The molecule has 40 heavy (non-hydrogen) atoms. The maximum atomic E-state index is 13.7. The summed E-state index contributed by atoms with van der Waals surface area (Å²) in [6.45, 7) is 0.0121. The highest BCUT2D eigenvalue weighted by Crippen LogP contribution is 2.49. The maximum absolute atomic E-state index is 13.7. The summed E-state index contributed by atoms with van der Waals surface area (Å²) in [5, 5.41) is 1.61. The van der Waals surface area contributed by atoms with Crippen molar-refractivity contribution >= 4 is 96.2 Å². The molecule has 6 rings (SSSR count). The molecule has 0 bridgehead atoms. The Hall–Kier alpha value is -2.69. The van der Waals surface area contributed by atoms with Gasteiger partial charge in [-0.3, -0.25) is 15.0 Å². The van der Waals surface area contributed by atoms with Gasteiger partial charge < -0.3 is 4.90 Å². The van der Waals surface area contributed by atoms with Gasteiger partial charge in [0, 0.05) is 23.8 Å². The van der Waals surface area contributed by atoms with E-state index in [0.717, 1.165) is 41.2 Å². The number of amides is 2. The molecule has 5 nitrogen and oxygen atoms in total.